The van der Waals surface area contributed by atoms with Crippen molar-refractivity contribution >= 4 is 29.0 Å². The van der Waals surface area contributed by atoms with Gasteiger partial charge in [0.2, 0.25) is 0 Å². The highest BCUT2D eigenvalue weighted by Gasteiger charge is 2.20. The maximum atomic E-state index is 12.3. The van der Waals surface area contributed by atoms with Crippen molar-refractivity contribution in [2.75, 3.05) is 12.4 Å². The molecule has 0 saturated heterocycles. The first-order valence-corrected chi connectivity index (χ1v) is 8.66. The minimum atomic E-state index is -0.531. The number of ether oxygens (including phenoxy) is 1. The molecule has 0 radical (unpaired) electrons. The van der Waals surface area contributed by atoms with Crippen LogP contribution in [0.15, 0.2) is 29.6 Å². The van der Waals surface area contributed by atoms with Crippen molar-refractivity contribution in [3.63, 3.8) is 0 Å². The zero-order valence-electron chi connectivity index (χ0n) is 13.3. The molecule has 0 atom stereocenters. The average Bonchev–Trinajstić information content (AvgIpc) is 3.04. The Morgan fingerprint density at radius 3 is 2.75 bits per heavy atom. The molecular formula is C17H19N3O3S. The number of hydrogen-bond acceptors (Lipinski definition) is 4. The Balaban J connectivity index is 1.58. The van der Waals surface area contributed by atoms with E-state index in [1.165, 1.54) is 18.4 Å². The van der Waals surface area contributed by atoms with Gasteiger partial charge in [-0.3, -0.25) is 10.2 Å². The van der Waals surface area contributed by atoms with Gasteiger partial charge in [-0.2, -0.15) is 0 Å². The van der Waals surface area contributed by atoms with E-state index in [0.717, 1.165) is 24.8 Å². The average molecular weight is 345 g/mol. The number of aryl methyl sites for hydroxylation is 1. The largest absolute Gasteiger partial charge is 0.495 e. The summed E-state index contributed by atoms with van der Waals surface area (Å²) in [6, 6.07) is 6.52. The lowest BCUT2D eigenvalue weighted by Gasteiger charge is -2.14. The van der Waals surface area contributed by atoms with Gasteiger partial charge in [0, 0.05) is 10.3 Å². The standard InChI is InChI=1S/C17H19N3O3S/c1-23-14-8-4-3-7-13(14)18-17(22)20-19-16(21)12-10-24-15-9-5-2-6-11(12)15/h3-4,7-8,10H,2,5-6,9H2,1H3,(H,19,21)(H2,18,20,22). The summed E-state index contributed by atoms with van der Waals surface area (Å²) in [4.78, 5) is 25.5. The zero-order valence-corrected chi connectivity index (χ0v) is 14.2. The number of hydrazine groups is 1. The highest BCUT2D eigenvalue weighted by molar-refractivity contribution is 7.10. The number of nitrogens with one attached hydrogen (secondary N) is 3. The minimum Gasteiger partial charge on any atom is -0.495 e. The molecule has 0 unspecified atom stereocenters. The van der Waals surface area contributed by atoms with Gasteiger partial charge in [0.25, 0.3) is 5.91 Å². The van der Waals surface area contributed by atoms with Crippen molar-refractivity contribution in [1.29, 1.82) is 0 Å². The second kappa shape index (κ2) is 7.35. The molecule has 1 aromatic heterocycles. The summed E-state index contributed by atoms with van der Waals surface area (Å²) in [6.45, 7) is 0. The molecular weight excluding hydrogens is 326 g/mol. The lowest BCUT2D eigenvalue weighted by molar-refractivity contribution is 0.0937. The monoisotopic (exact) mass is 345 g/mol. The summed E-state index contributed by atoms with van der Waals surface area (Å²) in [7, 11) is 1.53. The predicted octanol–water partition coefficient (Wildman–Crippen LogP) is 3.10. The molecule has 0 aliphatic heterocycles. The van der Waals surface area contributed by atoms with Crippen LogP contribution in [0.3, 0.4) is 0 Å². The summed E-state index contributed by atoms with van der Waals surface area (Å²) in [5.41, 5.74) is 7.14. The Morgan fingerprint density at radius 2 is 1.92 bits per heavy atom. The molecule has 1 heterocycles. The van der Waals surface area contributed by atoms with E-state index in [2.05, 4.69) is 16.2 Å². The Hall–Kier alpha value is -2.54. The van der Waals surface area contributed by atoms with E-state index in [1.807, 2.05) is 11.4 Å². The molecule has 2 aromatic rings. The molecule has 6 nitrogen and oxygen atoms in total. The molecule has 1 aromatic carbocycles. The number of fused-ring (bicyclic) bond motifs is 1. The van der Waals surface area contributed by atoms with Crippen molar-refractivity contribution in [2.24, 2.45) is 0 Å². The minimum absolute atomic E-state index is 0.287. The summed E-state index contributed by atoms with van der Waals surface area (Å²) in [5.74, 6) is 0.260. The molecule has 0 spiro atoms. The van der Waals surface area contributed by atoms with Crippen molar-refractivity contribution in [1.82, 2.24) is 10.9 Å². The number of hydrogen-bond donors (Lipinski definition) is 3. The molecule has 7 heteroatoms. The quantitative estimate of drug-likeness (QED) is 0.748. The summed E-state index contributed by atoms with van der Waals surface area (Å²) in [5, 5.41) is 4.50. The van der Waals surface area contributed by atoms with Gasteiger partial charge in [-0.25, -0.2) is 10.2 Å². The van der Waals surface area contributed by atoms with E-state index in [1.54, 1.807) is 29.5 Å². The molecule has 24 heavy (non-hydrogen) atoms. The molecule has 1 aliphatic carbocycles. The fourth-order valence-corrected chi connectivity index (χ4v) is 3.89. The number of thiophene rings is 1. The highest BCUT2D eigenvalue weighted by atomic mass is 32.1. The number of urea groups is 1. The van der Waals surface area contributed by atoms with Gasteiger partial charge >= 0.3 is 6.03 Å². The van der Waals surface area contributed by atoms with E-state index >= 15 is 0 Å². The second-order valence-electron chi connectivity index (χ2n) is 5.49. The first-order valence-electron chi connectivity index (χ1n) is 7.78. The maximum Gasteiger partial charge on any atom is 0.338 e. The SMILES string of the molecule is COc1ccccc1NC(=O)NNC(=O)c1csc2c1CCCC2. The van der Waals surface area contributed by atoms with E-state index in [-0.39, 0.29) is 5.91 Å². The lowest BCUT2D eigenvalue weighted by Crippen LogP contribution is -2.44. The molecule has 3 N–H and O–H groups in total. The van der Waals surface area contributed by atoms with Gasteiger partial charge < -0.3 is 10.1 Å². The third-order valence-electron chi connectivity index (χ3n) is 3.95. The normalized spacial score (nSPS) is 12.9. The third-order valence-corrected chi connectivity index (χ3v) is 5.04. The number of methoxy groups -OCH3 is 1. The van der Waals surface area contributed by atoms with Crippen LogP contribution in [0, 0.1) is 0 Å². The number of para-hydroxylation sites is 2. The molecule has 0 fully saturated rings. The number of carbonyl (C=O) groups is 2. The van der Waals surface area contributed by atoms with Crippen LogP contribution in [0.4, 0.5) is 10.5 Å². The summed E-state index contributed by atoms with van der Waals surface area (Å²) in [6.07, 6.45) is 4.24. The third kappa shape index (κ3) is 3.51. The van der Waals surface area contributed by atoms with Gasteiger partial charge in [-0.15, -0.1) is 11.3 Å². The van der Waals surface area contributed by atoms with Crippen molar-refractivity contribution in [2.45, 2.75) is 25.7 Å². The topological polar surface area (TPSA) is 79.5 Å². The molecule has 0 bridgehead atoms. The predicted molar refractivity (Wildman–Crippen MR) is 93.6 cm³/mol. The zero-order chi connectivity index (χ0) is 16.9. The van der Waals surface area contributed by atoms with Crippen LogP contribution in [-0.2, 0) is 12.8 Å². The number of carbonyl (C=O) groups excluding carboxylic acids is 2. The Morgan fingerprint density at radius 1 is 1.12 bits per heavy atom. The van der Waals surface area contributed by atoms with E-state index in [9.17, 15) is 9.59 Å². The van der Waals surface area contributed by atoms with Crippen LogP contribution >= 0.6 is 11.3 Å². The Kier molecular flexibility index (Phi) is 5.00. The van der Waals surface area contributed by atoms with E-state index < -0.39 is 6.03 Å². The first-order chi connectivity index (χ1) is 11.7. The molecule has 126 valence electrons. The lowest BCUT2D eigenvalue weighted by atomic mass is 9.96. The number of benzene rings is 1. The van der Waals surface area contributed by atoms with Crippen LogP contribution < -0.4 is 20.9 Å². The fourth-order valence-electron chi connectivity index (χ4n) is 2.77. The van der Waals surface area contributed by atoms with Crippen LogP contribution in [0.5, 0.6) is 5.75 Å². The van der Waals surface area contributed by atoms with Crippen LogP contribution in [0.25, 0.3) is 0 Å². The van der Waals surface area contributed by atoms with Gasteiger partial charge in [0.1, 0.15) is 5.75 Å². The van der Waals surface area contributed by atoms with Crippen LogP contribution in [0.1, 0.15) is 33.6 Å². The summed E-state index contributed by atoms with van der Waals surface area (Å²) < 4.78 is 5.16. The molecule has 1 aliphatic rings. The maximum absolute atomic E-state index is 12.3. The van der Waals surface area contributed by atoms with Crippen LogP contribution in [0.2, 0.25) is 0 Å². The van der Waals surface area contributed by atoms with E-state index in [4.69, 9.17) is 4.74 Å². The first kappa shape index (κ1) is 16.3. The summed E-state index contributed by atoms with van der Waals surface area (Å²) >= 11 is 1.62. The van der Waals surface area contributed by atoms with Crippen molar-refractivity contribution in [3.05, 3.63) is 45.6 Å². The fraction of sp³-hybridized carbons (Fsp3) is 0.294. The van der Waals surface area contributed by atoms with Crippen molar-refractivity contribution in [3.8, 4) is 5.75 Å². The smallest absolute Gasteiger partial charge is 0.338 e. The van der Waals surface area contributed by atoms with Crippen molar-refractivity contribution < 1.29 is 14.3 Å². The van der Waals surface area contributed by atoms with Gasteiger partial charge in [0.15, 0.2) is 0 Å². The number of rotatable bonds is 3. The van der Waals surface area contributed by atoms with E-state index in [0.29, 0.717) is 17.0 Å². The van der Waals surface area contributed by atoms with Gasteiger partial charge in [0.05, 0.1) is 18.4 Å². The number of amides is 3. The Bertz CT molecular complexity index is 757. The van der Waals surface area contributed by atoms with Crippen LogP contribution in [-0.4, -0.2) is 19.0 Å². The van der Waals surface area contributed by atoms with Gasteiger partial charge in [-0.05, 0) is 43.4 Å². The molecule has 3 amide bonds. The Labute approximate surface area is 144 Å². The molecule has 0 saturated carbocycles. The van der Waals surface area contributed by atoms with Gasteiger partial charge in [-0.1, -0.05) is 12.1 Å². The molecule has 3 rings (SSSR count). The number of anilines is 1. The highest BCUT2D eigenvalue weighted by Crippen LogP contribution is 2.30. The second-order valence-corrected chi connectivity index (χ2v) is 6.46.